The number of anilines is 1. The van der Waals surface area contributed by atoms with Crippen LogP contribution in [0, 0.1) is 12.8 Å². The highest BCUT2D eigenvalue weighted by atomic mass is 16.5. The summed E-state index contributed by atoms with van der Waals surface area (Å²) in [5.74, 6) is 2.41. The van der Waals surface area contributed by atoms with Gasteiger partial charge in [-0.15, -0.1) is 0 Å². The average Bonchev–Trinajstić information content (AvgIpc) is 3.51. The van der Waals surface area contributed by atoms with Gasteiger partial charge in [0.05, 0.1) is 11.3 Å². The molecule has 1 saturated heterocycles. The van der Waals surface area contributed by atoms with Gasteiger partial charge in [-0.2, -0.15) is 0 Å². The molecule has 7 nitrogen and oxygen atoms in total. The van der Waals surface area contributed by atoms with Gasteiger partial charge >= 0.3 is 0 Å². The fourth-order valence-corrected chi connectivity index (χ4v) is 5.87. The van der Waals surface area contributed by atoms with Crippen molar-refractivity contribution in [1.82, 2.24) is 20.3 Å². The largest absolute Gasteiger partial charge is 0.437 e. The first-order valence-electron chi connectivity index (χ1n) is 14.1. The molecule has 1 atom stereocenters. The lowest BCUT2D eigenvalue weighted by Crippen LogP contribution is -2.38. The van der Waals surface area contributed by atoms with Crippen LogP contribution in [0.15, 0.2) is 60.9 Å². The Labute approximate surface area is 229 Å². The lowest BCUT2D eigenvalue weighted by Gasteiger charge is -2.23. The molecule has 39 heavy (non-hydrogen) atoms. The minimum Gasteiger partial charge on any atom is -0.437 e. The van der Waals surface area contributed by atoms with E-state index in [4.69, 9.17) is 9.72 Å². The van der Waals surface area contributed by atoms with E-state index in [1.54, 1.807) is 12.4 Å². The fourth-order valence-electron chi connectivity index (χ4n) is 5.87. The number of aryl methyl sites for hydroxylation is 1. The van der Waals surface area contributed by atoms with Crippen LogP contribution >= 0.6 is 0 Å². The van der Waals surface area contributed by atoms with Crippen LogP contribution in [-0.4, -0.2) is 39.9 Å². The number of nitrogens with zero attached hydrogens (tertiary/aromatic N) is 3. The molecule has 2 N–H and O–H groups in total. The Morgan fingerprint density at radius 3 is 2.72 bits per heavy atom. The molecule has 2 aromatic carbocycles. The summed E-state index contributed by atoms with van der Waals surface area (Å²) in [6.07, 6.45) is 10.6. The highest BCUT2D eigenvalue weighted by Gasteiger charge is 2.24. The Kier molecular flexibility index (Phi) is 7.50. The van der Waals surface area contributed by atoms with Crippen LogP contribution in [0.25, 0.3) is 22.0 Å². The van der Waals surface area contributed by atoms with Crippen LogP contribution < -0.4 is 15.4 Å². The molecule has 1 aliphatic carbocycles. The molecule has 200 valence electrons. The quantitative estimate of drug-likeness (QED) is 0.283. The third-order valence-electron chi connectivity index (χ3n) is 8.01. The average molecular weight is 522 g/mol. The first-order valence-corrected chi connectivity index (χ1v) is 14.1. The Morgan fingerprint density at radius 2 is 1.87 bits per heavy atom. The molecular formula is C32H35N5O2. The summed E-state index contributed by atoms with van der Waals surface area (Å²) in [4.78, 5) is 26.8. The number of ketones is 1. The van der Waals surface area contributed by atoms with E-state index in [0.717, 1.165) is 90.5 Å². The van der Waals surface area contributed by atoms with Crippen molar-refractivity contribution < 1.29 is 9.53 Å². The van der Waals surface area contributed by atoms with E-state index in [0.29, 0.717) is 30.1 Å². The Hall–Kier alpha value is -3.84. The molecule has 6 rings (SSSR count). The zero-order chi connectivity index (χ0) is 26.6. The number of ether oxygens (including phenoxy) is 1. The van der Waals surface area contributed by atoms with Crippen molar-refractivity contribution in [2.24, 2.45) is 5.92 Å². The maximum absolute atomic E-state index is 13.0. The Balaban J connectivity index is 1.30. The normalized spacial score (nSPS) is 17.8. The summed E-state index contributed by atoms with van der Waals surface area (Å²) in [6, 6.07) is 16.4. The minimum absolute atomic E-state index is 0.208. The third kappa shape index (κ3) is 5.64. The molecule has 1 aliphatic heterocycles. The molecular weight excluding hydrogens is 486 g/mol. The van der Waals surface area contributed by atoms with Crippen molar-refractivity contribution in [2.45, 2.75) is 57.9 Å². The van der Waals surface area contributed by atoms with Gasteiger partial charge in [-0.3, -0.25) is 4.79 Å². The van der Waals surface area contributed by atoms with E-state index >= 15 is 0 Å². The number of piperidine rings is 1. The summed E-state index contributed by atoms with van der Waals surface area (Å²) < 4.78 is 6.57. The topological polar surface area (TPSA) is 89.0 Å². The molecule has 0 radical (unpaired) electrons. The predicted molar refractivity (Wildman–Crippen MR) is 154 cm³/mol. The molecule has 3 heterocycles. The number of fused-ring (bicyclic) bond motifs is 1. The minimum atomic E-state index is 0.208. The lowest BCUT2D eigenvalue weighted by atomic mass is 9.93. The molecule has 0 spiro atoms. The molecule has 7 heteroatoms. The van der Waals surface area contributed by atoms with E-state index in [2.05, 4.69) is 44.9 Å². The maximum Gasteiger partial charge on any atom is 0.228 e. The van der Waals surface area contributed by atoms with E-state index < -0.39 is 0 Å². The van der Waals surface area contributed by atoms with Crippen LogP contribution in [0.1, 0.15) is 49.7 Å². The second-order valence-electron chi connectivity index (χ2n) is 10.8. The zero-order valence-corrected chi connectivity index (χ0v) is 22.5. The number of aromatic nitrogens is 3. The summed E-state index contributed by atoms with van der Waals surface area (Å²) in [6.45, 7) is 4.00. The van der Waals surface area contributed by atoms with Gasteiger partial charge in [-0.05, 0) is 73.9 Å². The molecule has 1 saturated carbocycles. The van der Waals surface area contributed by atoms with Crippen molar-refractivity contribution in [3.63, 3.8) is 0 Å². The van der Waals surface area contributed by atoms with Crippen molar-refractivity contribution in [1.29, 1.82) is 0 Å². The van der Waals surface area contributed by atoms with Crippen molar-refractivity contribution in [2.75, 3.05) is 18.4 Å². The predicted octanol–water partition coefficient (Wildman–Crippen LogP) is 6.26. The molecule has 0 bridgehead atoms. The van der Waals surface area contributed by atoms with Gasteiger partial charge in [0.2, 0.25) is 11.8 Å². The summed E-state index contributed by atoms with van der Waals surface area (Å²) in [5.41, 5.74) is 3.61. The van der Waals surface area contributed by atoms with Gasteiger partial charge in [-0.1, -0.05) is 43.2 Å². The standard InChI is InChI=1S/C32H35N5O2/c1-21-13-14-25-23(19-29(38)22-7-2-3-8-22)9-4-11-26(25)30(21)39-31-27(12-6-17-34-31)28-15-18-35-32(37-28)36-24-10-5-16-33-20-24/h4,6,9,11-15,17-18,22,24,33H,2-3,5,7-8,10,16,19-20H2,1H3,(H,35,36,37)/t24-/m0/s1. The van der Waals surface area contributed by atoms with E-state index in [1.807, 2.05) is 31.2 Å². The number of pyridine rings is 1. The number of rotatable bonds is 8. The second kappa shape index (κ2) is 11.5. The number of benzene rings is 2. The Bertz CT molecular complexity index is 1470. The van der Waals surface area contributed by atoms with Crippen LogP contribution in [0.4, 0.5) is 5.95 Å². The molecule has 0 unspecified atom stereocenters. The summed E-state index contributed by atoms with van der Waals surface area (Å²) in [5, 5.41) is 8.92. The number of hydrogen-bond acceptors (Lipinski definition) is 7. The summed E-state index contributed by atoms with van der Waals surface area (Å²) >= 11 is 0. The second-order valence-corrected chi connectivity index (χ2v) is 10.8. The fraction of sp³-hybridized carbons (Fsp3) is 0.375. The van der Waals surface area contributed by atoms with Gasteiger partial charge in [-0.25, -0.2) is 15.0 Å². The van der Waals surface area contributed by atoms with Crippen molar-refractivity contribution in [3.8, 4) is 22.9 Å². The number of Topliss-reactive ketones (excluding diaryl/α,β-unsaturated/α-hetero) is 1. The van der Waals surface area contributed by atoms with Gasteiger partial charge in [0.25, 0.3) is 0 Å². The van der Waals surface area contributed by atoms with E-state index in [1.165, 1.54) is 0 Å². The first kappa shape index (κ1) is 25.4. The molecule has 2 aliphatic rings. The highest BCUT2D eigenvalue weighted by molar-refractivity contribution is 5.95. The van der Waals surface area contributed by atoms with Crippen molar-refractivity contribution in [3.05, 3.63) is 72.1 Å². The zero-order valence-electron chi connectivity index (χ0n) is 22.5. The molecule has 4 aromatic rings. The van der Waals surface area contributed by atoms with Crippen LogP contribution in [0.5, 0.6) is 11.6 Å². The van der Waals surface area contributed by atoms with Gasteiger partial charge in [0.15, 0.2) is 0 Å². The number of hydrogen-bond donors (Lipinski definition) is 2. The maximum atomic E-state index is 13.0. The number of carbonyl (C=O) groups is 1. The Morgan fingerprint density at radius 1 is 0.974 bits per heavy atom. The number of nitrogens with one attached hydrogen (secondary N) is 2. The van der Waals surface area contributed by atoms with Gasteiger partial charge in [0, 0.05) is 42.7 Å². The smallest absolute Gasteiger partial charge is 0.228 e. The SMILES string of the molecule is Cc1ccc2c(CC(=O)C3CCCC3)cccc2c1Oc1ncccc1-c1ccnc(N[C@H]2CCCNC2)n1. The molecule has 0 amide bonds. The number of carbonyl (C=O) groups excluding carboxylic acids is 1. The van der Waals surface area contributed by atoms with E-state index in [9.17, 15) is 4.79 Å². The molecule has 2 fully saturated rings. The van der Waals surface area contributed by atoms with Crippen LogP contribution in [0.2, 0.25) is 0 Å². The first-order chi connectivity index (χ1) is 19.2. The van der Waals surface area contributed by atoms with Gasteiger partial charge in [0.1, 0.15) is 11.5 Å². The molecule has 2 aromatic heterocycles. The van der Waals surface area contributed by atoms with Crippen LogP contribution in [-0.2, 0) is 11.2 Å². The van der Waals surface area contributed by atoms with Crippen molar-refractivity contribution >= 4 is 22.5 Å². The van der Waals surface area contributed by atoms with Crippen LogP contribution in [0.3, 0.4) is 0 Å². The lowest BCUT2D eigenvalue weighted by molar-refractivity contribution is -0.122. The third-order valence-corrected chi connectivity index (χ3v) is 8.01. The van der Waals surface area contributed by atoms with Gasteiger partial charge < -0.3 is 15.4 Å². The highest BCUT2D eigenvalue weighted by Crippen LogP contribution is 2.38. The monoisotopic (exact) mass is 521 g/mol. The summed E-state index contributed by atoms with van der Waals surface area (Å²) in [7, 11) is 0. The van der Waals surface area contributed by atoms with E-state index in [-0.39, 0.29) is 5.92 Å².